The van der Waals surface area contributed by atoms with Crippen LogP contribution in [0.2, 0.25) is 0 Å². The number of aromatic nitrogens is 2. The minimum Gasteiger partial charge on any atom is -0.308 e. The molecule has 0 aromatic carbocycles. The van der Waals surface area contributed by atoms with Crippen LogP contribution in [0.25, 0.3) is 0 Å². The highest BCUT2D eigenvalue weighted by Gasteiger charge is 1.98. The standard InChI is InChI=1S/C12H15N3S.ClH/c1-2-11-3-4-12(16-11)8-13-5-10-6-14-9-15-7-10;/h3-4,6-7,9,13H,2,5,8H2,1H3;1H. The van der Waals surface area contributed by atoms with Crippen LogP contribution in [0, 0.1) is 0 Å². The van der Waals surface area contributed by atoms with Crippen LogP contribution >= 0.6 is 23.7 Å². The summed E-state index contributed by atoms with van der Waals surface area (Å²) in [5.74, 6) is 0. The molecule has 1 N–H and O–H groups in total. The van der Waals surface area contributed by atoms with E-state index in [-0.39, 0.29) is 12.4 Å². The fraction of sp³-hybridized carbons (Fsp3) is 0.333. The van der Waals surface area contributed by atoms with Gasteiger partial charge in [0.15, 0.2) is 0 Å². The number of aryl methyl sites for hydroxylation is 1. The third-order valence-electron chi connectivity index (χ3n) is 2.31. The zero-order valence-corrected chi connectivity index (χ0v) is 11.4. The summed E-state index contributed by atoms with van der Waals surface area (Å²) in [6.07, 6.45) is 6.35. The summed E-state index contributed by atoms with van der Waals surface area (Å²) in [6, 6.07) is 4.39. The van der Waals surface area contributed by atoms with Crippen molar-refractivity contribution in [3.63, 3.8) is 0 Å². The SMILES string of the molecule is CCc1ccc(CNCc2cncnc2)s1.Cl. The molecule has 0 aliphatic heterocycles. The molecule has 3 nitrogen and oxygen atoms in total. The van der Waals surface area contributed by atoms with Gasteiger partial charge in [0.05, 0.1) is 0 Å². The van der Waals surface area contributed by atoms with Gasteiger partial charge >= 0.3 is 0 Å². The Hall–Kier alpha value is -0.970. The Labute approximate surface area is 112 Å². The van der Waals surface area contributed by atoms with E-state index < -0.39 is 0 Å². The number of nitrogens with zero attached hydrogens (tertiary/aromatic N) is 2. The first-order valence-corrected chi connectivity index (χ1v) is 6.22. The first-order valence-electron chi connectivity index (χ1n) is 5.40. The van der Waals surface area contributed by atoms with Crippen LogP contribution in [0.1, 0.15) is 22.2 Å². The fourth-order valence-corrected chi connectivity index (χ4v) is 2.39. The molecule has 0 bridgehead atoms. The molecule has 0 fully saturated rings. The molecule has 0 amide bonds. The lowest BCUT2D eigenvalue weighted by molar-refractivity contribution is 0.696. The van der Waals surface area contributed by atoms with Gasteiger partial charge in [-0.3, -0.25) is 0 Å². The van der Waals surface area contributed by atoms with E-state index in [0.717, 1.165) is 25.1 Å². The molecule has 0 radical (unpaired) electrons. The van der Waals surface area contributed by atoms with Crippen LogP contribution in [-0.2, 0) is 19.5 Å². The number of rotatable bonds is 5. The normalized spacial score (nSPS) is 9.94. The van der Waals surface area contributed by atoms with Gasteiger partial charge < -0.3 is 5.32 Å². The monoisotopic (exact) mass is 269 g/mol. The molecule has 2 aromatic heterocycles. The zero-order valence-electron chi connectivity index (χ0n) is 9.72. The number of hydrogen-bond donors (Lipinski definition) is 1. The molecule has 0 saturated heterocycles. The Morgan fingerprint density at radius 3 is 2.47 bits per heavy atom. The van der Waals surface area contributed by atoms with Crippen molar-refractivity contribution in [3.05, 3.63) is 46.2 Å². The van der Waals surface area contributed by atoms with E-state index >= 15 is 0 Å². The summed E-state index contributed by atoms with van der Waals surface area (Å²) >= 11 is 1.87. The van der Waals surface area contributed by atoms with E-state index in [1.165, 1.54) is 9.75 Å². The van der Waals surface area contributed by atoms with Gasteiger partial charge in [-0.2, -0.15) is 0 Å². The molecule has 92 valence electrons. The molecule has 0 aliphatic carbocycles. The summed E-state index contributed by atoms with van der Waals surface area (Å²) < 4.78 is 0. The molecule has 2 rings (SSSR count). The van der Waals surface area contributed by atoms with E-state index in [0.29, 0.717) is 0 Å². The van der Waals surface area contributed by atoms with Gasteiger partial charge in [0.2, 0.25) is 0 Å². The predicted octanol–water partition coefficient (Wildman–Crippen LogP) is 2.81. The maximum absolute atomic E-state index is 3.98. The average Bonchev–Trinajstić information content (AvgIpc) is 2.78. The van der Waals surface area contributed by atoms with Crippen LogP contribution in [0.15, 0.2) is 30.9 Å². The molecule has 2 heterocycles. The van der Waals surface area contributed by atoms with Crippen molar-refractivity contribution in [2.24, 2.45) is 0 Å². The van der Waals surface area contributed by atoms with Crippen molar-refractivity contribution in [3.8, 4) is 0 Å². The van der Waals surface area contributed by atoms with Gasteiger partial charge in [-0.15, -0.1) is 23.7 Å². The first kappa shape index (κ1) is 14.1. The minimum atomic E-state index is 0. The Morgan fingerprint density at radius 2 is 1.82 bits per heavy atom. The van der Waals surface area contributed by atoms with Crippen LogP contribution < -0.4 is 5.32 Å². The predicted molar refractivity (Wildman–Crippen MR) is 73.5 cm³/mol. The van der Waals surface area contributed by atoms with E-state index in [1.54, 1.807) is 6.33 Å². The second-order valence-corrected chi connectivity index (χ2v) is 4.82. The molecule has 0 unspecified atom stereocenters. The fourth-order valence-electron chi connectivity index (χ4n) is 1.46. The zero-order chi connectivity index (χ0) is 11.2. The van der Waals surface area contributed by atoms with Gasteiger partial charge in [0.25, 0.3) is 0 Å². The molecule has 0 aliphatic rings. The van der Waals surface area contributed by atoms with Gasteiger partial charge in [-0.1, -0.05) is 6.92 Å². The van der Waals surface area contributed by atoms with E-state index in [4.69, 9.17) is 0 Å². The first-order chi connectivity index (χ1) is 7.88. The lowest BCUT2D eigenvalue weighted by Crippen LogP contribution is -2.11. The smallest absolute Gasteiger partial charge is 0.115 e. The highest BCUT2D eigenvalue weighted by Crippen LogP contribution is 2.16. The second kappa shape index (κ2) is 7.37. The van der Waals surface area contributed by atoms with Crippen LogP contribution in [-0.4, -0.2) is 9.97 Å². The van der Waals surface area contributed by atoms with Gasteiger partial charge in [-0.25, -0.2) is 9.97 Å². The number of halogens is 1. The van der Waals surface area contributed by atoms with Crippen LogP contribution in [0.5, 0.6) is 0 Å². The van der Waals surface area contributed by atoms with Crippen molar-refractivity contribution in [2.75, 3.05) is 0 Å². The molecule has 17 heavy (non-hydrogen) atoms. The number of thiophene rings is 1. The Balaban J connectivity index is 0.00000144. The highest BCUT2D eigenvalue weighted by molar-refractivity contribution is 7.11. The highest BCUT2D eigenvalue weighted by atomic mass is 35.5. The van der Waals surface area contributed by atoms with Gasteiger partial charge in [0.1, 0.15) is 6.33 Å². The average molecular weight is 270 g/mol. The largest absolute Gasteiger partial charge is 0.308 e. The molecular formula is C12H16ClN3S. The van der Waals surface area contributed by atoms with Gasteiger partial charge in [-0.05, 0) is 18.6 Å². The van der Waals surface area contributed by atoms with Crippen molar-refractivity contribution < 1.29 is 0 Å². The summed E-state index contributed by atoms with van der Waals surface area (Å²) in [7, 11) is 0. The molecule has 5 heteroatoms. The maximum atomic E-state index is 3.98. The third-order valence-corrected chi connectivity index (χ3v) is 3.54. The topological polar surface area (TPSA) is 37.8 Å². The van der Waals surface area contributed by atoms with E-state index in [2.05, 4.69) is 34.3 Å². The quantitative estimate of drug-likeness (QED) is 0.907. The lowest BCUT2D eigenvalue weighted by Gasteiger charge is -2.01. The molecule has 2 aromatic rings. The Bertz CT molecular complexity index is 430. The number of hydrogen-bond acceptors (Lipinski definition) is 4. The van der Waals surface area contributed by atoms with Crippen LogP contribution in [0.3, 0.4) is 0 Å². The third kappa shape index (κ3) is 4.42. The van der Waals surface area contributed by atoms with E-state index in [9.17, 15) is 0 Å². The van der Waals surface area contributed by atoms with Crippen molar-refractivity contribution in [2.45, 2.75) is 26.4 Å². The maximum Gasteiger partial charge on any atom is 0.115 e. The summed E-state index contributed by atoms with van der Waals surface area (Å²) in [6.45, 7) is 3.92. The Kier molecular flexibility index (Phi) is 6.11. The second-order valence-electron chi connectivity index (χ2n) is 3.57. The molecule has 0 atom stereocenters. The molecule has 0 saturated carbocycles. The van der Waals surface area contributed by atoms with Crippen molar-refractivity contribution >= 4 is 23.7 Å². The van der Waals surface area contributed by atoms with Crippen LogP contribution in [0.4, 0.5) is 0 Å². The van der Waals surface area contributed by atoms with E-state index in [1.807, 2.05) is 23.7 Å². The summed E-state index contributed by atoms with van der Waals surface area (Å²) in [5, 5.41) is 3.39. The molecule has 0 spiro atoms. The van der Waals surface area contributed by atoms with Crippen molar-refractivity contribution in [1.82, 2.24) is 15.3 Å². The van der Waals surface area contributed by atoms with Gasteiger partial charge in [0, 0.05) is 40.8 Å². The molecular weight excluding hydrogens is 254 g/mol. The van der Waals surface area contributed by atoms with Crippen molar-refractivity contribution in [1.29, 1.82) is 0 Å². The minimum absolute atomic E-state index is 0. The summed E-state index contributed by atoms with van der Waals surface area (Å²) in [4.78, 5) is 10.8. The number of nitrogens with one attached hydrogen (secondary N) is 1. The lowest BCUT2D eigenvalue weighted by atomic mass is 10.3. The Morgan fingerprint density at radius 1 is 1.12 bits per heavy atom. The summed E-state index contributed by atoms with van der Waals surface area (Å²) in [5.41, 5.74) is 1.12.